The number of nitrogens with two attached hydrogens (primary N) is 2. The van der Waals surface area contributed by atoms with Gasteiger partial charge >= 0.3 is 0 Å². The van der Waals surface area contributed by atoms with E-state index in [9.17, 15) is 30.0 Å². The largest absolute Gasteiger partial charge is 0.489 e. The molecule has 8 N–H and O–H groups in total. The summed E-state index contributed by atoms with van der Waals surface area (Å²) in [7, 11) is 0. The molecule has 2 aliphatic rings. The van der Waals surface area contributed by atoms with Gasteiger partial charge in [-0.05, 0) is 64.1 Å². The Morgan fingerprint density at radius 3 is 1.42 bits per heavy atom. The van der Waals surface area contributed by atoms with Crippen LogP contribution in [0.2, 0.25) is 0 Å². The zero-order valence-corrected chi connectivity index (χ0v) is 34.4. The molecule has 4 atom stereocenters. The number of hydrogen-bond donors (Lipinski definition) is 6. The fourth-order valence-electron chi connectivity index (χ4n) is 5.84. The van der Waals surface area contributed by atoms with Crippen LogP contribution in [0, 0.1) is 37.5 Å². The molecule has 4 aromatic heterocycles. The Labute approximate surface area is 349 Å². The van der Waals surface area contributed by atoms with E-state index in [4.69, 9.17) is 30.0 Å². The van der Waals surface area contributed by atoms with E-state index in [2.05, 4.69) is 53.9 Å². The van der Waals surface area contributed by atoms with E-state index < -0.39 is 34.2 Å². The van der Waals surface area contributed by atoms with E-state index >= 15 is 0 Å². The van der Waals surface area contributed by atoms with Crippen molar-refractivity contribution >= 4 is 34.5 Å². The molecule has 0 fully saturated rings. The summed E-state index contributed by atoms with van der Waals surface area (Å²) in [5, 5.41) is 50.3. The Morgan fingerprint density at radius 1 is 0.700 bits per heavy atom. The third-order valence-electron chi connectivity index (χ3n) is 8.97. The van der Waals surface area contributed by atoms with Gasteiger partial charge in [-0.25, -0.2) is 9.97 Å². The number of nitrogens with zero attached hydrogens (tertiary/aromatic N) is 6. The van der Waals surface area contributed by atoms with Crippen LogP contribution in [0.3, 0.4) is 0 Å². The highest BCUT2D eigenvalue weighted by atomic mass is 32.1. The van der Waals surface area contributed by atoms with Crippen LogP contribution in [0.4, 0.5) is 0 Å². The van der Waals surface area contributed by atoms with E-state index in [1.807, 2.05) is 0 Å². The maximum atomic E-state index is 11.6. The van der Waals surface area contributed by atoms with Crippen LogP contribution in [-0.2, 0) is 22.4 Å². The Balaban J connectivity index is 0.000000181. The second kappa shape index (κ2) is 15.3. The fraction of sp³-hybridized carbons (Fsp3) is 0.300. The molecule has 6 aromatic rings. The van der Waals surface area contributed by atoms with Crippen molar-refractivity contribution in [3.63, 3.8) is 0 Å². The number of carbonyl (C=O) groups is 2. The number of fused-ring (bicyclic) bond motifs is 6. The van der Waals surface area contributed by atoms with Crippen LogP contribution in [-0.4, -0.2) is 75.7 Å². The number of carbonyl (C=O) groups excluding carboxylic acids is 2. The van der Waals surface area contributed by atoms with Crippen LogP contribution in [0.15, 0.2) is 45.4 Å². The van der Waals surface area contributed by atoms with Gasteiger partial charge in [-0.3, -0.25) is 9.59 Å². The average Bonchev–Trinajstić information content (AvgIpc) is 4.01. The SMILES string of the molecule is Cc1nc([C@](C)(O)C#Cc2ccc3c(c2)-c2nc(C(N)=O)sc2[C@](C)(O)CO3)no1.Cc1nc([C@](C)(O)C#Cc2ccc3c(c2)-c2nc(C(N)=O)sc2[C@](C)(O)CO3)no1. The quantitative estimate of drug-likeness (QED) is 0.139. The summed E-state index contributed by atoms with van der Waals surface area (Å²) in [5.41, 5.74) is 7.91. The predicted molar refractivity (Wildman–Crippen MR) is 213 cm³/mol. The van der Waals surface area contributed by atoms with Crippen LogP contribution >= 0.6 is 22.7 Å². The van der Waals surface area contributed by atoms with Crippen LogP contribution in [0.25, 0.3) is 22.5 Å². The molecular formula is C40H36N8O10S2. The molecular weight excluding hydrogens is 817 g/mol. The molecule has 2 aromatic carbocycles. The van der Waals surface area contributed by atoms with Crippen molar-refractivity contribution in [3.8, 4) is 57.7 Å². The lowest BCUT2D eigenvalue weighted by atomic mass is 10.00. The number of thiazole rings is 2. The smallest absolute Gasteiger partial charge is 0.277 e. The highest BCUT2D eigenvalue weighted by molar-refractivity contribution is 7.14. The van der Waals surface area contributed by atoms with E-state index in [1.165, 1.54) is 13.8 Å². The number of benzene rings is 2. The van der Waals surface area contributed by atoms with Gasteiger partial charge in [-0.1, -0.05) is 34.0 Å². The third-order valence-corrected chi connectivity index (χ3v) is 11.6. The molecule has 0 saturated carbocycles. The first kappa shape index (κ1) is 41.6. The van der Waals surface area contributed by atoms with E-state index in [0.717, 1.165) is 22.7 Å². The highest BCUT2D eigenvalue weighted by Crippen LogP contribution is 2.45. The molecule has 8 rings (SSSR count). The maximum absolute atomic E-state index is 11.6. The van der Waals surface area contributed by atoms with Gasteiger partial charge in [-0.2, -0.15) is 9.97 Å². The molecule has 20 heteroatoms. The summed E-state index contributed by atoms with van der Waals surface area (Å²) in [6.45, 7) is 9.32. The van der Waals surface area contributed by atoms with Gasteiger partial charge in [-0.15, -0.1) is 22.7 Å². The number of hydrogen-bond acceptors (Lipinski definition) is 18. The molecule has 2 aliphatic heterocycles. The van der Waals surface area contributed by atoms with Gasteiger partial charge in [0, 0.05) is 36.1 Å². The number of ether oxygens (including phenoxy) is 2. The van der Waals surface area contributed by atoms with Crippen molar-refractivity contribution in [2.45, 2.75) is 63.9 Å². The van der Waals surface area contributed by atoms with Gasteiger partial charge in [0.25, 0.3) is 11.8 Å². The molecule has 0 saturated heterocycles. The maximum Gasteiger partial charge on any atom is 0.277 e. The van der Waals surface area contributed by atoms with Crippen LogP contribution in [0.1, 0.15) is 91.6 Å². The number of aryl methyl sites for hydroxylation is 2. The summed E-state index contributed by atoms with van der Waals surface area (Å²) in [6.07, 6.45) is 0. The second-order valence-electron chi connectivity index (χ2n) is 14.6. The Morgan fingerprint density at radius 2 is 1.08 bits per heavy atom. The standard InChI is InChI=1S/2C20H18N4O5S/c2*1-10-22-18(24-29-10)19(2,26)7-6-11-4-5-13-12(8-11)14-15(20(3,27)9-28-13)30-17(23-14)16(21)25/h2*4-5,8,26-27H,9H2,1-3H3,(H2,21,25)/t2*19-,20-/m11/s1. The molecule has 60 heavy (non-hydrogen) atoms. The zero-order valence-electron chi connectivity index (χ0n) is 32.8. The van der Waals surface area contributed by atoms with Crippen molar-refractivity contribution < 1.29 is 48.5 Å². The first-order chi connectivity index (χ1) is 28.1. The molecule has 18 nitrogen and oxygen atoms in total. The number of amides is 2. The minimum absolute atomic E-state index is 0.00961. The number of rotatable bonds is 4. The summed E-state index contributed by atoms with van der Waals surface area (Å²) >= 11 is 2.06. The summed E-state index contributed by atoms with van der Waals surface area (Å²) in [6, 6.07) is 10.2. The predicted octanol–water partition coefficient (Wildman–Crippen LogP) is 2.92. The number of primary amides is 2. The zero-order chi connectivity index (χ0) is 43.4. The summed E-state index contributed by atoms with van der Waals surface area (Å²) in [5.74, 6) is 11.6. The molecule has 2 amide bonds. The van der Waals surface area contributed by atoms with Gasteiger partial charge in [0.1, 0.15) is 35.9 Å². The highest BCUT2D eigenvalue weighted by Gasteiger charge is 2.38. The molecule has 0 aliphatic carbocycles. The minimum atomic E-state index is -1.62. The first-order valence-corrected chi connectivity index (χ1v) is 19.5. The average molecular weight is 853 g/mol. The van der Waals surface area contributed by atoms with Crippen LogP contribution in [0.5, 0.6) is 11.5 Å². The molecule has 0 radical (unpaired) electrons. The van der Waals surface area contributed by atoms with Crippen molar-refractivity contribution in [2.24, 2.45) is 11.5 Å². The molecule has 0 bridgehead atoms. The normalized spacial score (nSPS) is 19.4. The topological polar surface area (TPSA) is 289 Å². The Bertz CT molecular complexity index is 2620. The Hall–Kier alpha value is -6.52. The van der Waals surface area contributed by atoms with Gasteiger partial charge in [0.05, 0.1) is 21.1 Å². The molecule has 6 heterocycles. The lowest BCUT2D eigenvalue weighted by molar-refractivity contribution is 0.0129. The first-order valence-electron chi connectivity index (χ1n) is 17.9. The summed E-state index contributed by atoms with van der Waals surface area (Å²) in [4.78, 5) is 40.9. The monoisotopic (exact) mass is 852 g/mol. The van der Waals surface area contributed by atoms with Crippen molar-refractivity contribution in [2.75, 3.05) is 13.2 Å². The molecule has 308 valence electrons. The van der Waals surface area contributed by atoms with E-state index in [1.54, 1.807) is 64.1 Å². The third kappa shape index (κ3) is 8.33. The number of aromatic nitrogens is 6. The van der Waals surface area contributed by atoms with Gasteiger partial charge in [0.2, 0.25) is 23.4 Å². The van der Waals surface area contributed by atoms with E-state index in [0.29, 0.717) is 66.7 Å². The van der Waals surface area contributed by atoms with Crippen LogP contribution < -0.4 is 20.9 Å². The van der Waals surface area contributed by atoms with Crippen molar-refractivity contribution in [1.82, 2.24) is 30.2 Å². The minimum Gasteiger partial charge on any atom is -0.489 e. The fourth-order valence-corrected chi connectivity index (χ4v) is 7.77. The van der Waals surface area contributed by atoms with Gasteiger partial charge < -0.3 is 50.4 Å². The van der Waals surface area contributed by atoms with Gasteiger partial charge in [0.15, 0.2) is 21.2 Å². The molecule has 0 spiro atoms. The lowest BCUT2D eigenvalue weighted by Crippen LogP contribution is -2.27. The number of aliphatic hydroxyl groups is 4. The van der Waals surface area contributed by atoms with E-state index in [-0.39, 0.29) is 34.9 Å². The lowest BCUT2D eigenvalue weighted by Gasteiger charge is -2.19. The van der Waals surface area contributed by atoms with Crippen molar-refractivity contribution in [1.29, 1.82) is 0 Å². The second-order valence-corrected chi connectivity index (χ2v) is 16.6. The summed E-state index contributed by atoms with van der Waals surface area (Å²) < 4.78 is 21.3. The molecule has 0 unspecified atom stereocenters. The Kier molecular flexibility index (Phi) is 10.6. The van der Waals surface area contributed by atoms with Crippen molar-refractivity contribution in [3.05, 3.63) is 90.7 Å².